The van der Waals surface area contributed by atoms with E-state index in [2.05, 4.69) is 0 Å². The predicted octanol–water partition coefficient (Wildman–Crippen LogP) is 1.30. The summed E-state index contributed by atoms with van der Waals surface area (Å²) in [5, 5.41) is 0. The Bertz CT molecular complexity index is 301. The second-order valence-electron chi connectivity index (χ2n) is 4.40. The summed E-state index contributed by atoms with van der Waals surface area (Å²) in [6, 6.07) is 0.0845. The molecule has 6 heteroatoms. The van der Waals surface area contributed by atoms with Gasteiger partial charge in [-0.05, 0) is 18.8 Å². The first-order valence-electron chi connectivity index (χ1n) is 5.56. The fourth-order valence-electron chi connectivity index (χ4n) is 1.80. The van der Waals surface area contributed by atoms with Crippen molar-refractivity contribution in [2.24, 2.45) is 5.92 Å². The van der Waals surface area contributed by atoms with Crippen molar-refractivity contribution in [3.05, 3.63) is 0 Å². The molecule has 1 unspecified atom stereocenters. The lowest BCUT2D eigenvalue weighted by Crippen LogP contribution is -2.42. The first-order valence-corrected chi connectivity index (χ1v) is 7.71. The second kappa shape index (κ2) is 6.19. The highest BCUT2D eigenvalue weighted by atomic mass is 35.5. The monoisotopic (exact) mass is 269 g/mol. The van der Waals surface area contributed by atoms with Gasteiger partial charge in [-0.3, -0.25) is 0 Å². The highest BCUT2D eigenvalue weighted by Crippen LogP contribution is 2.18. The molecule has 1 atom stereocenters. The van der Waals surface area contributed by atoms with Crippen LogP contribution in [0.15, 0.2) is 0 Å². The van der Waals surface area contributed by atoms with Crippen molar-refractivity contribution in [1.29, 1.82) is 0 Å². The van der Waals surface area contributed by atoms with Gasteiger partial charge in [0.15, 0.2) is 0 Å². The molecule has 0 aromatic carbocycles. The molecule has 1 heterocycles. The lowest BCUT2D eigenvalue weighted by molar-refractivity contribution is 0.0631. The normalized spacial score (nSPS) is 21.2. The third kappa shape index (κ3) is 3.87. The topological polar surface area (TPSA) is 46.6 Å². The summed E-state index contributed by atoms with van der Waals surface area (Å²) in [7, 11) is -1.52. The SMILES string of the molecule is CC(CCl)CS(=O)(=O)N(C)C1CCOCC1. The number of ether oxygens (including phenoxy) is 1. The third-order valence-corrected chi connectivity index (χ3v) is 5.60. The zero-order valence-corrected chi connectivity index (χ0v) is 11.4. The van der Waals surface area contributed by atoms with Gasteiger partial charge in [0.25, 0.3) is 0 Å². The van der Waals surface area contributed by atoms with Crippen LogP contribution in [0.3, 0.4) is 0 Å². The first kappa shape index (κ1) is 14.2. The summed E-state index contributed by atoms with van der Waals surface area (Å²) in [6.07, 6.45) is 1.57. The first-order chi connectivity index (χ1) is 7.47. The summed E-state index contributed by atoms with van der Waals surface area (Å²) < 4.78 is 30.8. The molecule has 0 bridgehead atoms. The predicted molar refractivity (Wildman–Crippen MR) is 65.3 cm³/mol. The standard InChI is InChI=1S/C10H20ClNO3S/c1-9(7-11)8-16(13,14)12(2)10-3-5-15-6-4-10/h9-10H,3-8H2,1-2H3. The van der Waals surface area contributed by atoms with E-state index in [0.29, 0.717) is 19.1 Å². The summed E-state index contributed by atoms with van der Waals surface area (Å²) in [5.41, 5.74) is 0. The average Bonchev–Trinajstić information content (AvgIpc) is 2.28. The van der Waals surface area contributed by atoms with E-state index >= 15 is 0 Å². The largest absolute Gasteiger partial charge is 0.381 e. The Morgan fingerprint density at radius 1 is 1.44 bits per heavy atom. The molecule has 0 amide bonds. The van der Waals surface area contributed by atoms with Gasteiger partial charge < -0.3 is 4.74 Å². The second-order valence-corrected chi connectivity index (χ2v) is 6.78. The summed E-state index contributed by atoms with van der Waals surface area (Å²) in [6.45, 7) is 3.15. The van der Waals surface area contributed by atoms with Gasteiger partial charge in [0.2, 0.25) is 10.0 Å². The summed E-state index contributed by atoms with van der Waals surface area (Å²) in [5.74, 6) is 0.500. The Kier molecular flexibility index (Phi) is 5.50. The van der Waals surface area contributed by atoms with Crippen LogP contribution in [0.4, 0.5) is 0 Å². The number of rotatable bonds is 5. The molecular weight excluding hydrogens is 250 g/mol. The molecule has 1 fully saturated rings. The highest BCUT2D eigenvalue weighted by Gasteiger charge is 2.28. The van der Waals surface area contributed by atoms with Crippen LogP contribution < -0.4 is 0 Å². The number of hydrogen-bond acceptors (Lipinski definition) is 3. The average molecular weight is 270 g/mol. The minimum absolute atomic E-state index is 0.00560. The maximum atomic E-state index is 12.0. The molecule has 0 aliphatic carbocycles. The number of sulfonamides is 1. The van der Waals surface area contributed by atoms with Crippen LogP contribution in [0.5, 0.6) is 0 Å². The Labute approximate surface area is 103 Å². The number of nitrogens with zero attached hydrogens (tertiary/aromatic N) is 1. The number of hydrogen-bond donors (Lipinski definition) is 0. The maximum absolute atomic E-state index is 12.0. The van der Waals surface area contributed by atoms with Gasteiger partial charge in [-0.15, -0.1) is 11.6 Å². The number of alkyl halides is 1. The van der Waals surface area contributed by atoms with Crippen LogP contribution in [0, 0.1) is 5.92 Å². The minimum Gasteiger partial charge on any atom is -0.381 e. The molecule has 1 rings (SSSR count). The van der Waals surface area contributed by atoms with Gasteiger partial charge in [0.05, 0.1) is 5.75 Å². The van der Waals surface area contributed by atoms with Gasteiger partial charge in [0.1, 0.15) is 0 Å². The smallest absolute Gasteiger partial charge is 0.214 e. The van der Waals surface area contributed by atoms with Crippen LogP contribution >= 0.6 is 11.6 Å². The molecule has 1 saturated heterocycles. The molecule has 4 nitrogen and oxygen atoms in total. The van der Waals surface area contributed by atoms with E-state index in [0.717, 1.165) is 12.8 Å². The quantitative estimate of drug-likeness (QED) is 0.707. The van der Waals surface area contributed by atoms with Crippen LogP contribution in [-0.4, -0.2) is 50.7 Å². The van der Waals surface area contributed by atoms with Gasteiger partial charge in [0, 0.05) is 32.2 Å². The lowest BCUT2D eigenvalue weighted by atomic mass is 10.1. The minimum atomic E-state index is -3.18. The van der Waals surface area contributed by atoms with Crippen molar-refractivity contribution in [3.8, 4) is 0 Å². The zero-order valence-electron chi connectivity index (χ0n) is 9.86. The van der Waals surface area contributed by atoms with E-state index < -0.39 is 10.0 Å². The zero-order chi connectivity index (χ0) is 12.2. The van der Waals surface area contributed by atoms with E-state index in [1.165, 1.54) is 4.31 Å². The van der Waals surface area contributed by atoms with Crippen LogP contribution in [-0.2, 0) is 14.8 Å². The van der Waals surface area contributed by atoms with Crippen molar-refractivity contribution in [1.82, 2.24) is 4.31 Å². The molecule has 96 valence electrons. The lowest BCUT2D eigenvalue weighted by Gasteiger charge is -2.31. The molecule has 0 spiro atoms. The van der Waals surface area contributed by atoms with Crippen molar-refractivity contribution in [3.63, 3.8) is 0 Å². The Hall–Kier alpha value is 0.160. The fourth-order valence-corrected chi connectivity index (χ4v) is 3.77. The Morgan fingerprint density at radius 3 is 2.50 bits per heavy atom. The summed E-state index contributed by atoms with van der Waals surface area (Å²) >= 11 is 5.65. The molecule has 0 aromatic rings. The number of halogens is 1. The summed E-state index contributed by atoms with van der Waals surface area (Å²) in [4.78, 5) is 0. The van der Waals surface area contributed by atoms with Crippen LogP contribution in [0.2, 0.25) is 0 Å². The third-order valence-electron chi connectivity index (χ3n) is 2.90. The van der Waals surface area contributed by atoms with Crippen molar-refractivity contribution in [2.75, 3.05) is 31.9 Å². The Balaban J connectivity index is 2.59. The van der Waals surface area contributed by atoms with Gasteiger partial charge in [-0.25, -0.2) is 12.7 Å². The van der Waals surface area contributed by atoms with Gasteiger partial charge in [-0.1, -0.05) is 6.92 Å². The molecule has 16 heavy (non-hydrogen) atoms. The molecule has 0 radical (unpaired) electrons. The van der Waals surface area contributed by atoms with Crippen molar-refractivity contribution < 1.29 is 13.2 Å². The van der Waals surface area contributed by atoms with E-state index in [1.54, 1.807) is 7.05 Å². The molecule has 1 aliphatic heterocycles. The Morgan fingerprint density at radius 2 is 2.00 bits per heavy atom. The van der Waals surface area contributed by atoms with Crippen LogP contribution in [0.1, 0.15) is 19.8 Å². The van der Waals surface area contributed by atoms with E-state index in [-0.39, 0.29) is 17.7 Å². The van der Waals surface area contributed by atoms with Gasteiger partial charge in [-0.2, -0.15) is 0 Å². The molecule has 0 aromatic heterocycles. The molecule has 0 N–H and O–H groups in total. The van der Waals surface area contributed by atoms with E-state index in [4.69, 9.17) is 16.3 Å². The molecule has 1 aliphatic rings. The van der Waals surface area contributed by atoms with E-state index in [9.17, 15) is 8.42 Å². The maximum Gasteiger partial charge on any atom is 0.214 e. The molecule has 0 saturated carbocycles. The fraction of sp³-hybridized carbons (Fsp3) is 1.00. The van der Waals surface area contributed by atoms with Crippen LogP contribution in [0.25, 0.3) is 0 Å². The van der Waals surface area contributed by atoms with Crippen molar-refractivity contribution >= 4 is 21.6 Å². The van der Waals surface area contributed by atoms with Gasteiger partial charge >= 0.3 is 0 Å². The van der Waals surface area contributed by atoms with Crippen molar-refractivity contribution in [2.45, 2.75) is 25.8 Å². The highest BCUT2D eigenvalue weighted by molar-refractivity contribution is 7.89. The van der Waals surface area contributed by atoms with E-state index in [1.807, 2.05) is 6.92 Å². The molecular formula is C10H20ClNO3S.